The Labute approximate surface area is 416 Å². The molecule has 0 amide bonds. The van der Waals surface area contributed by atoms with Gasteiger partial charge in [-0.1, -0.05) is 264 Å². The molecule has 0 saturated heterocycles. The molecule has 1 rings (SSSR count). The van der Waals surface area contributed by atoms with Crippen molar-refractivity contribution in [2.45, 2.75) is 292 Å². The minimum absolute atomic E-state index is 0. The molecule has 1 atom stereocenters. The van der Waals surface area contributed by atoms with Crippen molar-refractivity contribution in [3.05, 3.63) is 35.4 Å². The van der Waals surface area contributed by atoms with Crippen LogP contribution in [0.15, 0.2) is 24.3 Å². The van der Waals surface area contributed by atoms with Gasteiger partial charge in [0.25, 0.3) is 0 Å². The maximum atomic E-state index is 6.22. The molecule has 0 fully saturated rings. The van der Waals surface area contributed by atoms with Gasteiger partial charge in [0.15, 0.2) is 6.54 Å². The van der Waals surface area contributed by atoms with Gasteiger partial charge in [0, 0.05) is 5.56 Å². The summed E-state index contributed by atoms with van der Waals surface area (Å²) in [4.78, 5) is 12.3. The largest absolute Gasteiger partial charge is 1.00 e. The van der Waals surface area contributed by atoms with Gasteiger partial charge in [0.2, 0.25) is 0 Å². The van der Waals surface area contributed by atoms with E-state index in [1.807, 2.05) is 0 Å². The Kier molecular flexibility index (Phi) is 55.2. The smallest absolute Gasteiger partial charge is 0.168 e. The van der Waals surface area contributed by atoms with Crippen LogP contribution in [0.25, 0.3) is 0 Å². The van der Waals surface area contributed by atoms with Gasteiger partial charge in [0.1, 0.15) is 13.2 Å². The Morgan fingerprint density at radius 3 is 0.938 bits per heavy atom. The molecular formula is C58H116Cl2N2O2. The van der Waals surface area contributed by atoms with E-state index < -0.39 is 0 Å². The lowest BCUT2D eigenvalue weighted by molar-refractivity contribution is -1.25. The average molecular weight is 944 g/mol. The quantitative estimate of drug-likeness (QED) is 0.0368. The molecule has 384 valence electrons. The number of nitrogens with zero attached hydrogens (tertiary/aromatic N) is 2. The minimum atomic E-state index is 0. The highest BCUT2D eigenvalue weighted by atomic mass is 35.5. The van der Waals surface area contributed by atoms with Gasteiger partial charge >= 0.3 is 0 Å². The number of unbranched alkanes of at least 4 members (excludes halogenated alkanes) is 35. The molecule has 1 unspecified atom stereocenters. The van der Waals surface area contributed by atoms with Crippen molar-refractivity contribution in [2.75, 3.05) is 47.4 Å². The van der Waals surface area contributed by atoms with E-state index in [2.05, 4.69) is 73.0 Å². The summed E-state index contributed by atoms with van der Waals surface area (Å²) in [7, 11) is 6.69. The van der Waals surface area contributed by atoms with Crippen LogP contribution in [0.5, 0.6) is 0 Å². The van der Waals surface area contributed by atoms with Gasteiger partial charge in [-0.05, 0) is 55.8 Å². The summed E-state index contributed by atoms with van der Waals surface area (Å²) >= 11 is 0. The van der Waals surface area contributed by atoms with E-state index in [4.69, 9.17) is 9.68 Å². The first-order valence-electron chi connectivity index (χ1n) is 28.3. The Morgan fingerprint density at radius 2 is 0.656 bits per heavy atom. The number of quaternary nitrogens is 2. The number of hydroxylamine groups is 4. The third-order valence-corrected chi connectivity index (χ3v) is 13.8. The lowest BCUT2D eigenvalue weighted by atomic mass is 10.0. The fraction of sp³-hybridized carbons (Fsp3) is 0.897. The van der Waals surface area contributed by atoms with Gasteiger partial charge in [0.05, 0.1) is 34.3 Å². The molecule has 0 radical (unpaired) electrons. The SMILES string of the molecule is CCCCCCCCCCCCCCCC[N+](C)(C)CCCCCCCCCCCCCCCC.CCCCCCCCCCCCO[N+](CC)(Cc1ccccc1CC)OC.[Cl-].[Cl-]. The molecule has 0 saturated carbocycles. The van der Waals surface area contributed by atoms with Gasteiger partial charge in [-0.3, -0.25) is 0 Å². The lowest BCUT2D eigenvalue weighted by Crippen LogP contribution is -3.00. The normalized spacial score (nSPS) is 12.3. The molecule has 4 nitrogen and oxygen atoms in total. The van der Waals surface area contributed by atoms with Crippen molar-refractivity contribution in [3.8, 4) is 0 Å². The number of rotatable bonds is 47. The van der Waals surface area contributed by atoms with Crippen LogP contribution in [0.4, 0.5) is 0 Å². The third kappa shape index (κ3) is 44.2. The maximum absolute atomic E-state index is 6.22. The minimum Gasteiger partial charge on any atom is -1.00 e. The fourth-order valence-corrected chi connectivity index (χ4v) is 9.21. The molecule has 0 aromatic heterocycles. The molecule has 0 bridgehead atoms. The summed E-state index contributed by atoms with van der Waals surface area (Å²) < 4.78 is 1.25. The number of benzene rings is 1. The molecule has 0 aliphatic carbocycles. The van der Waals surface area contributed by atoms with Crippen molar-refractivity contribution < 1.29 is 43.8 Å². The zero-order valence-electron chi connectivity index (χ0n) is 44.9. The van der Waals surface area contributed by atoms with Crippen molar-refractivity contribution in [3.63, 3.8) is 0 Å². The van der Waals surface area contributed by atoms with Crippen LogP contribution < -0.4 is 24.8 Å². The standard InChI is InChI=1S/C34H72N.C24H44NO2.2ClH/c1-5-7-9-11-13-15-17-19-21-23-25-27-29-31-33-35(3,4)34-32-30-28-26-24-22-20-18-16-14-12-10-8-6-2;1-5-8-9-10-11-12-13-14-15-18-21-27-25(7-3,26-4)22-24-20-17-16-19-23(24)6-2;;/h5-34H2,1-4H3;16-17,19-20H,5-15,18,21-22H2,1-4H3;2*1H/q2*+1;;/p-2. The highest BCUT2D eigenvalue weighted by molar-refractivity contribution is 5.26. The molecule has 1 aromatic rings. The number of aryl methyl sites for hydroxylation is 1. The zero-order chi connectivity index (χ0) is 45.5. The van der Waals surface area contributed by atoms with Gasteiger partial charge in [-0.25, -0.2) is 0 Å². The Bertz CT molecular complexity index is 986. The van der Waals surface area contributed by atoms with Crippen molar-refractivity contribution in [2.24, 2.45) is 0 Å². The van der Waals surface area contributed by atoms with E-state index in [1.165, 1.54) is 266 Å². The highest BCUT2D eigenvalue weighted by Crippen LogP contribution is 2.21. The number of halogens is 2. The Hall–Kier alpha value is -0.360. The highest BCUT2D eigenvalue weighted by Gasteiger charge is 2.30. The van der Waals surface area contributed by atoms with Crippen molar-refractivity contribution in [1.82, 2.24) is 0 Å². The van der Waals surface area contributed by atoms with Crippen LogP contribution in [0.1, 0.15) is 290 Å². The summed E-state index contributed by atoms with van der Waals surface area (Å²) in [5.74, 6) is 0. The van der Waals surface area contributed by atoms with Gasteiger partial charge < -0.3 is 29.3 Å². The van der Waals surface area contributed by atoms with Crippen molar-refractivity contribution in [1.29, 1.82) is 0 Å². The van der Waals surface area contributed by atoms with E-state index in [1.54, 1.807) is 7.11 Å². The molecule has 6 heteroatoms. The first-order valence-corrected chi connectivity index (χ1v) is 28.3. The van der Waals surface area contributed by atoms with E-state index in [-0.39, 0.29) is 29.6 Å². The second kappa shape index (κ2) is 52.0. The topological polar surface area (TPSA) is 18.5 Å². The zero-order valence-corrected chi connectivity index (χ0v) is 46.4. The molecule has 0 aliphatic heterocycles. The molecule has 1 aromatic carbocycles. The van der Waals surface area contributed by atoms with E-state index in [0.29, 0.717) is 0 Å². The molecule has 0 heterocycles. The van der Waals surface area contributed by atoms with Crippen LogP contribution in [-0.4, -0.2) is 56.7 Å². The predicted octanol–water partition coefficient (Wildman–Crippen LogP) is 13.0. The molecule has 0 aliphatic rings. The Morgan fingerprint density at radius 1 is 0.375 bits per heavy atom. The van der Waals surface area contributed by atoms with Crippen LogP contribution in [0.3, 0.4) is 0 Å². The van der Waals surface area contributed by atoms with Gasteiger partial charge in [-0.15, -0.1) is 0 Å². The Balaban J connectivity index is -0.00000116. The fourth-order valence-electron chi connectivity index (χ4n) is 9.21. The number of hydrogen-bond acceptors (Lipinski definition) is 2. The molecular weight excluding hydrogens is 828 g/mol. The summed E-state index contributed by atoms with van der Waals surface area (Å²) in [5, 5.41) is 0. The van der Waals surface area contributed by atoms with E-state index in [0.717, 1.165) is 32.5 Å². The lowest BCUT2D eigenvalue weighted by Gasteiger charge is -2.31. The summed E-state index contributed by atoms with van der Waals surface area (Å²) in [6, 6.07) is 8.62. The number of hydrogen-bond donors (Lipinski definition) is 0. The van der Waals surface area contributed by atoms with E-state index in [9.17, 15) is 0 Å². The molecule has 64 heavy (non-hydrogen) atoms. The monoisotopic (exact) mass is 943 g/mol. The van der Waals surface area contributed by atoms with Crippen LogP contribution in [0.2, 0.25) is 0 Å². The first kappa shape index (κ1) is 67.9. The predicted molar refractivity (Wildman–Crippen MR) is 278 cm³/mol. The molecule has 0 spiro atoms. The van der Waals surface area contributed by atoms with Crippen LogP contribution >= 0.6 is 0 Å². The van der Waals surface area contributed by atoms with Gasteiger partial charge in [-0.2, -0.15) is 9.68 Å². The average Bonchev–Trinajstić information content (AvgIpc) is 3.28. The van der Waals surface area contributed by atoms with Crippen molar-refractivity contribution >= 4 is 0 Å². The van der Waals surface area contributed by atoms with Crippen LogP contribution in [0, 0.1) is 0 Å². The summed E-state index contributed by atoms with van der Waals surface area (Å²) in [6.45, 7) is 16.4. The summed E-state index contributed by atoms with van der Waals surface area (Å²) in [5.41, 5.74) is 2.71. The third-order valence-electron chi connectivity index (χ3n) is 13.8. The maximum Gasteiger partial charge on any atom is 0.168 e. The summed E-state index contributed by atoms with van der Waals surface area (Å²) in [6.07, 6.45) is 55.4. The second-order valence-electron chi connectivity index (χ2n) is 20.2. The second-order valence-corrected chi connectivity index (χ2v) is 20.2. The molecule has 0 N–H and O–H groups in total. The van der Waals surface area contributed by atoms with E-state index >= 15 is 0 Å². The first-order chi connectivity index (χ1) is 30.3. The van der Waals surface area contributed by atoms with Crippen LogP contribution in [-0.2, 0) is 22.6 Å².